The molecule has 36 heavy (non-hydrogen) atoms. The van der Waals surface area contributed by atoms with Gasteiger partial charge in [-0.05, 0) is 49.1 Å². The topological polar surface area (TPSA) is 108 Å². The predicted octanol–water partition coefficient (Wildman–Crippen LogP) is 1.26. The van der Waals surface area contributed by atoms with Crippen molar-refractivity contribution < 1.29 is 19.1 Å². The zero-order valence-corrected chi connectivity index (χ0v) is 22.0. The molecular weight excluding hydrogens is 458 g/mol. The molecule has 3 saturated heterocycles. The highest BCUT2D eigenvalue weighted by atomic mass is 16.5. The van der Waals surface area contributed by atoms with E-state index in [-0.39, 0.29) is 36.2 Å². The van der Waals surface area contributed by atoms with Crippen molar-refractivity contribution in [3.63, 3.8) is 0 Å². The molecule has 1 aromatic rings. The maximum Gasteiger partial charge on any atom is 0.251 e. The van der Waals surface area contributed by atoms with Crippen molar-refractivity contribution in [2.24, 2.45) is 11.1 Å². The molecule has 2 amide bonds. The molecule has 0 radical (unpaired) electrons. The van der Waals surface area contributed by atoms with Crippen molar-refractivity contribution in [3.8, 4) is 0 Å². The number of ether oxygens (including phenoxy) is 1. The number of piperazine rings is 1. The highest BCUT2D eigenvalue weighted by Crippen LogP contribution is 2.29. The summed E-state index contributed by atoms with van der Waals surface area (Å²) in [6.07, 6.45) is 1.14. The molecule has 4 rings (SSSR count). The minimum Gasteiger partial charge on any atom is -0.369 e. The number of nitrogens with one attached hydrogen (secondary N) is 1. The van der Waals surface area contributed by atoms with Crippen LogP contribution in [0.2, 0.25) is 0 Å². The maximum atomic E-state index is 13.6. The number of hydrogen-bond donors (Lipinski definition) is 2. The molecule has 198 valence electrons. The number of nitrogens with zero attached hydrogens (tertiary/aromatic N) is 3. The van der Waals surface area contributed by atoms with Gasteiger partial charge in [0.15, 0.2) is 5.78 Å². The van der Waals surface area contributed by atoms with Gasteiger partial charge in [-0.3, -0.25) is 19.3 Å². The average Bonchev–Trinajstić information content (AvgIpc) is 3.38. The van der Waals surface area contributed by atoms with Gasteiger partial charge in [0.05, 0.1) is 6.04 Å². The van der Waals surface area contributed by atoms with Crippen LogP contribution in [0.15, 0.2) is 24.3 Å². The Balaban J connectivity index is 1.43. The first-order chi connectivity index (χ1) is 17.1. The number of hydrogen-bond acceptors (Lipinski definition) is 7. The molecule has 9 nitrogen and oxygen atoms in total. The molecular formula is C27H41N5O4. The number of carbonyl (C=O) groups excluding carboxylic acids is 3. The van der Waals surface area contributed by atoms with Crippen LogP contribution in [0.5, 0.6) is 0 Å². The van der Waals surface area contributed by atoms with E-state index in [1.54, 1.807) is 0 Å². The first kappa shape index (κ1) is 26.6. The smallest absolute Gasteiger partial charge is 0.251 e. The summed E-state index contributed by atoms with van der Waals surface area (Å²) in [4.78, 5) is 45.5. The number of rotatable bonds is 7. The summed E-state index contributed by atoms with van der Waals surface area (Å²) >= 11 is 0. The van der Waals surface area contributed by atoms with Gasteiger partial charge in [0.1, 0.15) is 24.8 Å². The largest absolute Gasteiger partial charge is 0.369 e. The monoisotopic (exact) mass is 499 g/mol. The van der Waals surface area contributed by atoms with Crippen molar-refractivity contribution in [1.82, 2.24) is 15.1 Å². The maximum absolute atomic E-state index is 13.6. The van der Waals surface area contributed by atoms with Gasteiger partial charge in [0.25, 0.3) is 5.91 Å². The number of nitrogens with two attached hydrogens (primary N) is 1. The molecule has 0 spiro atoms. The van der Waals surface area contributed by atoms with Crippen molar-refractivity contribution in [3.05, 3.63) is 29.8 Å². The molecule has 3 aliphatic heterocycles. The molecule has 9 heteroatoms. The second kappa shape index (κ2) is 10.9. The van der Waals surface area contributed by atoms with Gasteiger partial charge in [-0.15, -0.1) is 0 Å². The van der Waals surface area contributed by atoms with Gasteiger partial charge in [-0.2, -0.15) is 0 Å². The van der Waals surface area contributed by atoms with Crippen molar-refractivity contribution in [2.45, 2.75) is 64.8 Å². The minimum atomic E-state index is -0.761. The van der Waals surface area contributed by atoms with E-state index in [4.69, 9.17) is 10.5 Å². The summed E-state index contributed by atoms with van der Waals surface area (Å²) < 4.78 is 5.53. The van der Waals surface area contributed by atoms with E-state index in [2.05, 4.69) is 22.0 Å². The van der Waals surface area contributed by atoms with Crippen LogP contribution in [-0.2, 0) is 14.3 Å². The summed E-state index contributed by atoms with van der Waals surface area (Å²) in [6, 6.07) is 5.75. The molecule has 0 aromatic heterocycles. The van der Waals surface area contributed by atoms with E-state index in [1.165, 1.54) is 11.3 Å². The molecule has 1 aromatic carbocycles. The second-order valence-electron chi connectivity index (χ2n) is 11.5. The lowest BCUT2D eigenvalue weighted by molar-refractivity contribution is -0.138. The summed E-state index contributed by atoms with van der Waals surface area (Å²) in [5.74, 6) is -0.708. The zero-order valence-electron chi connectivity index (χ0n) is 22.0. The number of anilines is 1. The number of fused-ring (bicyclic) bond motifs is 1. The lowest BCUT2D eigenvalue weighted by Gasteiger charge is -2.36. The molecule has 3 fully saturated rings. The molecule has 0 saturated carbocycles. The lowest BCUT2D eigenvalue weighted by Crippen LogP contribution is -2.53. The molecule has 4 atom stereocenters. The van der Waals surface area contributed by atoms with Gasteiger partial charge in [-0.1, -0.05) is 27.7 Å². The van der Waals surface area contributed by atoms with Crippen LogP contribution in [0, 0.1) is 5.41 Å². The fraction of sp³-hybridized carbons (Fsp3) is 0.667. The Kier molecular flexibility index (Phi) is 8.02. The number of likely N-dealkylation sites (tertiary alicyclic amines) is 1. The summed E-state index contributed by atoms with van der Waals surface area (Å²) in [7, 11) is 0. The molecule has 3 heterocycles. The van der Waals surface area contributed by atoms with Crippen molar-refractivity contribution in [2.75, 3.05) is 50.8 Å². The summed E-state index contributed by atoms with van der Waals surface area (Å²) in [5.41, 5.74) is 7.55. The third-order valence-corrected chi connectivity index (χ3v) is 7.33. The Morgan fingerprint density at radius 1 is 1.14 bits per heavy atom. The Hall–Kier alpha value is -2.49. The molecule has 0 bridgehead atoms. The predicted molar refractivity (Wildman–Crippen MR) is 139 cm³/mol. The van der Waals surface area contributed by atoms with Gasteiger partial charge in [-0.25, -0.2) is 0 Å². The molecule has 2 unspecified atom stereocenters. The SMILES string of the molecule is CCCN1CCN(c2ccc(C(=O)N[C@@H](CC(C)(C)C)C(=O)N3C[C@H](N)C4OCC(=O)C43)cc2)CC1. The molecule has 3 N–H and O–H groups in total. The number of Topliss-reactive ketones (excluding diaryl/α,β-unsaturated/α-hetero) is 1. The molecule has 0 aliphatic carbocycles. The molecule has 3 aliphatic rings. The third kappa shape index (κ3) is 5.90. The third-order valence-electron chi connectivity index (χ3n) is 7.33. The normalized spacial score (nSPS) is 25.7. The van der Waals surface area contributed by atoms with Crippen LogP contribution in [-0.4, -0.2) is 97.5 Å². The minimum absolute atomic E-state index is 0.0247. The number of benzene rings is 1. The van der Waals surface area contributed by atoms with E-state index in [9.17, 15) is 14.4 Å². The van der Waals surface area contributed by atoms with Gasteiger partial charge >= 0.3 is 0 Å². The Labute approximate surface area is 214 Å². The van der Waals surface area contributed by atoms with E-state index in [1.807, 2.05) is 45.0 Å². The van der Waals surface area contributed by atoms with Crippen LogP contribution in [0.1, 0.15) is 50.9 Å². The highest BCUT2D eigenvalue weighted by Gasteiger charge is 2.52. The Morgan fingerprint density at radius 3 is 2.42 bits per heavy atom. The van der Waals surface area contributed by atoms with Gasteiger partial charge in [0.2, 0.25) is 5.91 Å². The van der Waals surface area contributed by atoms with Crippen LogP contribution < -0.4 is 16.0 Å². The summed E-state index contributed by atoms with van der Waals surface area (Å²) in [5, 5.41) is 2.95. The second-order valence-corrected chi connectivity index (χ2v) is 11.5. The fourth-order valence-electron chi connectivity index (χ4n) is 5.54. The van der Waals surface area contributed by atoms with Crippen molar-refractivity contribution in [1.29, 1.82) is 0 Å². The number of ketones is 1. The number of amides is 2. The van der Waals surface area contributed by atoms with E-state index >= 15 is 0 Å². The standard InChI is InChI=1S/C27H41N5O4/c1-5-10-30-11-13-31(14-12-30)19-8-6-18(7-9-19)25(34)29-21(15-27(2,3)4)26(35)32-16-20(28)24-23(32)22(33)17-36-24/h6-9,20-21,23-24H,5,10-17,28H2,1-4H3,(H,29,34)/t20-,21-,23?,24?/m0/s1. The quantitative estimate of drug-likeness (QED) is 0.581. The zero-order chi connectivity index (χ0) is 26.0. The van der Waals surface area contributed by atoms with E-state index < -0.39 is 24.2 Å². The number of carbonyl (C=O) groups is 3. The summed E-state index contributed by atoms with van der Waals surface area (Å²) in [6.45, 7) is 13.7. The van der Waals surface area contributed by atoms with E-state index in [0.29, 0.717) is 12.0 Å². The average molecular weight is 500 g/mol. The fourth-order valence-corrected chi connectivity index (χ4v) is 5.54. The van der Waals surface area contributed by atoms with Gasteiger partial charge in [0, 0.05) is 44.0 Å². The first-order valence-electron chi connectivity index (χ1n) is 13.2. The van der Waals surface area contributed by atoms with Gasteiger partial charge < -0.3 is 25.6 Å². The van der Waals surface area contributed by atoms with Crippen molar-refractivity contribution >= 4 is 23.3 Å². The van der Waals surface area contributed by atoms with Crippen LogP contribution in [0.25, 0.3) is 0 Å². The van der Waals surface area contributed by atoms with Crippen LogP contribution >= 0.6 is 0 Å². The Bertz CT molecular complexity index is 952. The first-order valence-corrected chi connectivity index (χ1v) is 13.2. The van der Waals surface area contributed by atoms with Crippen LogP contribution in [0.3, 0.4) is 0 Å². The highest BCUT2D eigenvalue weighted by molar-refractivity contribution is 5.99. The van der Waals surface area contributed by atoms with Crippen LogP contribution in [0.4, 0.5) is 5.69 Å². The van der Waals surface area contributed by atoms with E-state index in [0.717, 1.165) is 38.4 Å². The Morgan fingerprint density at radius 2 is 1.81 bits per heavy atom. The lowest BCUT2D eigenvalue weighted by atomic mass is 9.87.